The van der Waals surface area contributed by atoms with Crippen molar-refractivity contribution >= 4 is 81.6 Å². The molecule has 4 aromatic heterocycles. The average molecular weight is 625 g/mol. The summed E-state index contributed by atoms with van der Waals surface area (Å²) in [7, 11) is 0. The van der Waals surface area contributed by atoms with Gasteiger partial charge in [0, 0.05) is 54.1 Å². The van der Waals surface area contributed by atoms with Gasteiger partial charge in [0.2, 0.25) is 5.95 Å². The van der Waals surface area contributed by atoms with Crippen LogP contribution in [0.25, 0.3) is 98.8 Å². The minimum atomic E-state index is -0.155. The average Bonchev–Trinajstić information content (AvgIpc) is 3.78. The summed E-state index contributed by atoms with van der Waals surface area (Å²) in [6.07, 6.45) is 0. The Morgan fingerprint density at radius 2 is 1.18 bits per heavy atom. The molecular formula is C45H28N4. The predicted molar refractivity (Wildman–Crippen MR) is 204 cm³/mol. The predicted octanol–water partition coefficient (Wildman–Crippen LogP) is 11.3. The van der Waals surface area contributed by atoms with Crippen molar-refractivity contribution in [3.8, 4) is 17.2 Å². The third-order valence-corrected chi connectivity index (χ3v) is 11.4. The Kier molecular flexibility index (Phi) is 4.53. The molecule has 0 fully saturated rings. The Balaban J connectivity index is 1.33. The molecule has 4 heterocycles. The van der Waals surface area contributed by atoms with Crippen molar-refractivity contribution in [3.63, 3.8) is 0 Å². The van der Waals surface area contributed by atoms with Crippen molar-refractivity contribution in [2.75, 3.05) is 0 Å². The van der Waals surface area contributed by atoms with Crippen LogP contribution < -0.4 is 0 Å². The quantitative estimate of drug-likeness (QED) is 0.182. The Labute approximate surface area is 280 Å². The fraction of sp³-hybridized carbons (Fsp3) is 0.0667. The molecule has 1 aliphatic carbocycles. The molecule has 0 N–H and O–H groups in total. The lowest BCUT2D eigenvalue weighted by molar-refractivity contribution is 0.643. The maximum absolute atomic E-state index is 5.55. The topological polar surface area (TPSA) is 35.1 Å². The monoisotopic (exact) mass is 624 g/mol. The number of nitrogens with zero attached hydrogens (tertiary/aromatic N) is 4. The van der Waals surface area contributed by atoms with Gasteiger partial charge >= 0.3 is 0 Å². The van der Waals surface area contributed by atoms with Gasteiger partial charge in [-0.3, -0.25) is 4.57 Å². The first-order valence-electron chi connectivity index (χ1n) is 17.0. The van der Waals surface area contributed by atoms with Crippen LogP contribution in [0.15, 0.2) is 133 Å². The van der Waals surface area contributed by atoms with Gasteiger partial charge in [-0.25, -0.2) is 9.97 Å². The van der Waals surface area contributed by atoms with E-state index >= 15 is 0 Å². The SMILES string of the molecule is CC1(C)c2ccccc2-c2nc(-n3c4ccccc4c4cc5c6ccccc6n6c7c8ccccc8ccc7c(c43)c56)nc3cccc1c23. The maximum Gasteiger partial charge on any atom is 0.235 e. The van der Waals surface area contributed by atoms with Crippen LogP contribution in [0, 0.1) is 0 Å². The highest BCUT2D eigenvalue weighted by Crippen LogP contribution is 2.50. The lowest BCUT2D eigenvalue weighted by Gasteiger charge is -2.34. The van der Waals surface area contributed by atoms with Gasteiger partial charge in [0.05, 0.1) is 38.8 Å². The number of hydrogen-bond acceptors (Lipinski definition) is 2. The molecule has 0 aliphatic heterocycles. The lowest BCUT2D eigenvalue weighted by atomic mass is 9.70. The Bertz CT molecular complexity index is 3250. The molecule has 0 saturated heterocycles. The minimum absolute atomic E-state index is 0.155. The van der Waals surface area contributed by atoms with E-state index in [0.29, 0.717) is 5.95 Å². The molecule has 4 nitrogen and oxygen atoms in total. The smallest absolute Gasteiger partial charge is 0.235 e. The molecular weight excluding hydrogens is 597 g/mol. The second-order valence-corrected chi connectivity index (χ2v) is 14.2. The molecule has 228 valence electrons. The standard InChI is InChI=1S/C45H28N4/c1-45(2)33-17-8-5-16-29(33)40-39-34(45)18-11-19-35(39)46-44(47-40)49-37-21-10-7-15-28(37)32-24-31-27-14-6-9-20-36(27)48-41-26-13-4-3-12-25(26)22-23-30(41)38(42(31)48)43(32)49/h3-24H,1-2H3. The molecule has 0 bridgehead atoms. The summed E-state index contributed by atoms with van der Waals surface area (Å²) in [5, 5.41) is 11.1. The van der Waals surface area contributed by atoms with Crippen molar-refractivity contribution in [2.45, 2.75) is 19.3 Å². The highest BCUT2D eigenvalue weighted by atomic mass is 15.2. The van der Waals surface area contributed by atoms with E-state index in [1.165, 1.54) is 76.3 Å². The molecule has 0 atom stereocenters. The van der Waals surface area contributed by atoms with Gasteiger partial charge in [-0.05, 0) is 40.8 Å². The van der Waals surface area contributed by atoms with Gasteiger partial charge in [0.25, 0.3) is 0 Å². The summed E-state index contributed by atoms with van der Waals surface area (Å²) in [5.74, 6) is 0.702. The van der Waals surface area contributed by atoms with E-state index < -0.39 is 0 Å². The Morgan fingerprint density at radius 3 is 2.06 bits per heavy atom. The van der Waals surface area contributed by atoms with Crippen molar-refractivity contribution in [3.05, 3.63) is 145 Å². The summed E-state index contributed by atoms with van der Waals surface area (Å²) in [6.45, 7) is 4.63. The van der Waals surface area contributed by atoms with E-state index in [2.05, 4.69) is 156 Å². The summed E-state index contributed by atoms with van der Waals surface area (Å²) < 4.78 is 4.85. The fourth-order valence-electron chi connectivity index (χ4n) is 9.33. The van der Waals surface area contributed by atoms with Crippen LogP contribution in [0.2, 0.25) is 0 Å². The maximum atomic E-state index is 5.55. The Hall–Kier alpha value is -6.26. The van der Waals surface area contributed by atoms with E-state index in [1.807, 2.05) is 0 Å². The van der Waals surface area contributed by atoms with E-state index in [0.717, 1.165) is 27.6 Å². The molecule has 49 heavy (non-hydrogen) atoms. The van der Waals surface area contributed by atoms with Gasteiger partial charge in [0.1, 0.15) is 0 Å². The highest BCUT2D eigenvalue weighted by Gasteiger charge is 2.35. The summed E-state index contributed by atoms with van der Waals surface area (Å²) >= 11 is 0. The molecule has 0 saturated carbocycles. The first-order chi connectivity index (χ1) is 24.1. The first kappa shape index (κ1) is 25.8. The van der Waals surface area contributed by atoms with E-state index in [1.54, 1.807) is 0 Å². The molecule has 0 unspecified atom stereocenters. The molecule has 7 aromatic carbocycles. The van der Waals surface area contributed by atoms with Crippen LogP contribution in [0.3, 0.4) is 0 Å². The van der Waals surface area contributed by atoms with E-state index in [-0.39, 0.29) is 5.41 Å². The summed E-state index contributed by atoms with van der Waals surface area (Å²) in [5.41, 5.74) is 11.6. The third kappa shape index (κ3) is 2.98. The molecule has 0 amide bonds. The number of rotatable bonds is 1. The second kappa shape index (κ2) is 8.60. The zero-order valence-corrected chi connectivity index (χ0v) is 27.0. The lowest BCUT2D eigenvalue weighted by Crippen LogP contribution is -2.24. The van der Waals surface area contributed by atoms with Gasteiger partial charge < -0.3 is 4.40 Å². The number of para-hydroxylation sites is 2. The number of hydrogen-bond donors (Lipinski definition) is 0. The molecule has 0 radical (unpaired) electrons. The zero-order valence-electron chi connectivity index (χ0n) is 27.0. The van der Waals surface area contributed by atoms with Crippen molar-refractivity contribution in [1.82, 2.24) is 18.9 Å². The van der Waals surface area contributed by atoms with Crippen LogP contribution >= 0.6 is 0 Å². The first-order valence-corrected chi connectivity index (χ1v) is 17.0. The van der Waals surface area contributed by atoms with Gasteiger partial charge in [-0.15, -0.1) is 0 Å². The van der Waals surface area contributed by atoms with Crippen molar-refractivity contribution < 1.29 is 0 Å². The molecule has 4 heteroatoms. The number of aromatic nitrogens is 4. The Morgan fingerprint density at radius 1 is 0.490 bits per heavy atom. The van der Waals surface area contributed by atoms with Crippen LogP contribution in [0.4, 0.5) is 0 Å². The van der Waals surface area contributed by atoms with E-state index in [9.17, 15) is 0 Å². The zero-order chi connectivity index (χ0) is 32.2. The normalized spacial score (nSPS) is 14.1. The number of fused-ring (bicyclic) bond motifs is 14. The molecule has 1 aliphatic rings. The van der Waals surface area contributed by atoms with Gasteiger partial charge in [-0.2, -0.15) is 0 Å². The number of benzene rings is 7. The largest absolute Gasteiger partial charge is 0.307 e. The van der Waals surface area contributed by atoms with Crippen LogP contribution in [-0.2, 0) is 5.41 Å². The van der Waals surface area contributed by atoms with Crippen LogP contribution in [0.1, 0.15) is 25.0 Å². The summed E-state index contributed by atoms with van der Waals surface area (Å²) in [4.78, 5) is 11.0. The summed E-state index contributed by atoms with van der Waals surface area (Å²) in [6, 6.07) is 48.7. The third-order valence-electron chi connectivity index (χ3n) is 11.4. The molecule has 11 aromatic rings. The highest BCUT2D eigenvalue weighted by molar-refractivity contribution is 6.36. The fourth-order valence-corrected chi connectivity index (χ4v) is 9.33. The molecule has 0 spiro atoms. The van der Waals surface area contributed by atoms with Gasteiger partial charge in [-0.1, -0.05) is 123 Å². The molecule has 12 rings (SSSR count). The van der Waals surface area contributed by atoms with Gasteiger partial charge in [0.15, 0.2) is 0 Å². The van der Waals surface area contributed by atoms with Crippen molar-refractivity contribution in [1.29, 1.82) is 0 Å². The van der Waals surface area contributed by atoms with Crippen LogP contribution in [0.5, 0.6) is 0 Å². The van der Waals surface area contributed by atoms with Crippen LogP contribution in [-0.4, -0.2) is 18.9 Å². The van der Waals surface area contributed by atoms with Crippen molar-refractivity contribution in [2.24, 2.45) is 0 Å². The van der Waals surface area contributed by atoms with E-state index in [4.69, 9.17) is 9.97 Å². The minimum Gasteiger partial charge on any atom is -0.307 e. The second-order valence-electron chi connectivity index (χ2n) is 14.2.